The zero-order valence-electron chi connectivity index (χ0n) is 15.6. The smallest absolute Gasteiger partial charge is 0.422 e. The van der Waals surface area contributed by atoms with Crippen molar-refractivity contribution in [3.8, 4) is 5.88 Å². The largest absolute Gasteiger partial charge is 0.468 e. The molecule has 0 saturated carbocycles. The van der Waals surface area contributed by atoms with Gasteiger partial charge >= 0.3 is 6.18 Å². The standard InChI is InChI=1S/C17H25F3N4OS.HI/c1-12(2)14-10-24(6-7-26-14)16(21-3)23-9-13-4-5-22-15(8-13)25-11-17(18,19)20;/h4-5,8,12,14H,6-7,9-11H2,1-3H3,(H,21,23);1H. The van der Waals surface area contributed by atoms with Crippen LogP contribution < -0.4 is 10.1 Å². The van der Waals surface area contributed by atoms with Gasteiger partial charge in [0.15, 0.2) is 12.6 Å². The number of pyridine rings is 1. The third-order valence-corrected chi connectivity index (χ3v) is 5.52. The highest BCUT2D eigenvalue weighted by molar-refractivity contribution is 14.0. The minimum absolute atomic E-state index is 0. The molecule has 0 radical (unpaired) electrons. The Morgan fingerprint density at radius 1 is 1.48 bits per heavy atom. The van der Waals surface area contributed by atoms with Crippen LogP contribution in [0.4, 0.5) is 13.2 Å². The molecule has 0 amide bonds. The molecule has 2 heterocycles. The summed E-state index contributed by atoms with van der Waals surface area (Å²) in [6.07, 6.45) is -2.94. The maximum Gasteiger partial charge on any atom is 0.422 e. The number of nitrogens with zero attached hydrogens (tertiary/aromatic N) is 3. The van der Waals surface area contributed by atoms with E-state index in [0.717, 1.165) is 30.4 Å². The topological polar surface area (TPSA) is 49.8 Å². The van der Waals surface area contributed by atoms with Crippen LogP contribution in [0.15, 0.2) is 23.3 Å². The highest BCUT2D eigenvalue weighted by atomic mass is 127. The van der Waals surface area contributed by atoms with Gasteiger partial charge in [-0.15, -0.1) is 24.0 Å². The molecule has 0 spiro atoms. The van der Waals surface area contributed by atoms with E-state index in [1.54, 1.807) is 13.1 Å². The number of hydrogen-bond donors (Lipinski definition) is 1. The molecule has 1 atom stereocenters. The minimum Gasteiger partial charge on any atom is -0.468 e. The normalized spacial score (nSPS) is 18.3. The molecule has 1 unspecified atom stereocenters. The monoisotopic (exact) mass is 518 g/mol. The van der Waals surface area contributed by atoms with Crippen LogP contribution in [0.5, 0.6) is 5.88 Å². The summed E-state index contributed by atoms with van der Waals surface area (Å²) in [6, 6.07) is 3.25. The highest BCUT2D eigenvalue weighted by Crippen LogP contribution is 2.25. The Kier molecular flexibility index (Phi) is 9.99. The van der Waals surface area contributed by atoms with Crippen molar-refractivity contribution < 1.29 is 17.9 Å². The van der Waals surface area contributed by atoms with E-state index in [1.165, 1.54) is 12.3 Å². The molecular formula is C17H26F3IN4OS. The average Bonchev–Trinajstić information content (AvgIpc) is 2.60. The predicted octanol–water partition coefficient (Wildman–Crippen LogP) is 3.79. The van der Waals surface area contributed by atoms with Gasteiger partial charge in [0.1, 0.15) is 0 Å². The van der Waals surface area contributed by atoms with E-state index >= 15 is 0 Å². The molecule has 0 bridgehead atoms. The quantitative estimate of drug-likeness (QED) is 0.366. The molecule has 0 aliphatic carbocycles. The van der Waals surface area contributed by atoms with E-state index in [0.29, 0.717) is 17.7 Å². The second-order valence-electron chi connectivity index (χ2n) is 6.41. The van der Waals surface area contributed by atoms with Gasteiger partial charge in [0.25, 0.3) is 0 Å². The first-order chi connectivity index (χ1) is 12.3. The molecule has 27 heavy (non-hydrogen) atoms. The van der Waals surface area contributed by atoms with Gasteiger partial charge in [-0.25, -0.2) is 4.98 Å². The molecule has 154 valence electrons. The summed E-state index contributed by atoms with van der Waals surface area (Å²) < 4.78 is 41.4. The van der Waals surface area contributed by atoms with Crippen molar-refractivity contribution in [2.75, 3.05) is 32.5 Å². The maximum atomic E-state index is 12.2. The SMILES string of the molecule is CN=C(NCc1ccnc(OCC(F)(F)F)c1)N1CCSC(C(C)C)C1.I. The van der Waals surface area contributed by atoms with Crippen molar-refractivity contribution in [2.45, 2.75) is 31.8 Å². The third-order valence-electron chi connectivity index (χ3n) is 3.98. The molecule has 2 rings (SSSR count). The second-order valence-corrected chi connectivity index (χ2v) is 7.75. The second kappa shape index (κ2) is 11.2. The lowest BCUT2D eigenvalue weighted by molar-refractivity contribution is -0.154. The van der Waals surface area contributed by atoms with Gasteiger partial charge < -0.3 is 15.0 Å². The van der Waals surface area contributed by atoms with Crippen molar-refractivity contribution in [1.82, 2.24) is 15.2 Å². The van der Waals surface area contributed by atoms with E-state index in [4.69, 9.17) is 4.74 Å². The van der Waals surface area contributed by atoms with E-state index in [1.807, 2.05) is 11.8 Å². The summed E-state index contributed by atoms with van der Waals surface area (Å²) in [7, 11) is 1.74. The van der Waals surface area contributed by atoms with Gasteiger partial charge in [-0.05, 0) is 17.5 Å². The lowest BCUT2D eigenvalue weighted by Crippen LogP contribution is -2.48. The van der Waals surface area contributed by atoms with Crippen molar-refractivity contribution in [3.05, 3.63) is 23.9 Å². The Hall–Kier alpha value is -0.910. The maximum absolute atomic E-state index is 12.2. The fourth-order valence-electron chi connectivity index (χ4n) is 2.58. The van der Waals surface area contributed by atoms with E-state index < -0.39 is 12.8 Å². The Balaban J connectivity index is 0.00000364. The third kappa shape index (κ3) is 8.32. The Labute approximate surface area is 179 Å². The summed E-state index contributed by atoms with van der Waals surface area (Å²) in [5.74, 6) is 2.40. The Morgan fingerprint density at radius 3 is 2.85 bits per heavy atom. The number of rotatable bonds is 5. The summed E-state index contributed by atoms with van der Waals surface area (Å²) >= 11 is 1.99. The molecule has 5 nitrogen and oxygen atoms in total. The number of hydrogen-bond acceptors (Lipinski definition) is 4. The number of alkyl halides is 3. The number of nitrogens with one attached hydrogen (secondary N) is 1. The average molecular weight is 518 g/mol. The van der Waals surface area contributed by atoms with Crippen LogP contribution in [0.1, 0.15) is 19.4 Å². The number of aromatic nitrogens is 1. The van der Waals surface area contributed by atoms with Crippen LogP contribution in [0.3, 0.4) is 0 Å². The molecule has 1 N–H and O–H groups in total. The molecule has 10 heteroatoms. The molecule has 1 saturated heterocycles. The number of ether oxygens (including phenoxy) is 1. The van der Waals surface area contributed by atoms with Crippen LogP contribution in [-0.4, -0.2) is 59.8 Å². The molecule has 1 aromatic heterocycles. The van der Waals surface area contributed by atoms with Crippen molar-refractivity contribution >= 4 is 41.7 Å². The summed E-state index contributed by atoms with van der Waals surface area (Å²) in [5.41, 5.74) is 0.783. The zero-order chi connectivity index (χ0) is 19.2. The first-order valence-electron chi connectivity index (χ1n) is 8.50. The number of guanidine groups is 1. The van der Waals surface area contributed by atoms with Gasteiger partial charge in [-0.1, -0.05) is 13.8 Å². The minimum atomic E-state index is -4.38. The van der Waals surface area contributed by atoms with E-state index in [9.17, 15) is 13.2 Å². The summed E-state index contributed by atoms with van der Waals surface area (Å²) in [4.78, 5) is 10.4. The Morgan fingerprint density at radius 2 is 2.22 bits per heavy atom. The lowest BCUT2D eigenvalue weighted by atomic mass is 10.1. The van der Waals surface area contributed by atoms with Crippen molar-refractivity contribution in [1.29, 1.82) is 0 Å². The van der Waals surface area contributed by atoms with Crippen LogP contribution in [-0.2, 0) is 6.54 Å². The zero-order valence-corrected chi connectivity index (χ0v) is 18.8. The van der Waals surface area contributed by atoms with Crippen molar-refractivity contribution in [2.24, 2.45) is 10.9 Å². The van der Waals surface area contributed by atoms with Gasteiger partial charge in [0.2, 0.25) is 5.88 Å². The van der Waals surface area contributed by atoms with Gasteiger partial charge in [0.05, 0.1) is 0 Å². The number of aliphatic imine (C=N–C) groups is 1. The fourth-order valence-corrected chi connectivity index (χ4v) is 3.88. The first kappa shape index (κ1) is 24.1. The van der Waals surface area contributed by atoms with E-state index in [2.05, 4.69) is 34.0 Å². The molecule has 1 aliphatic rings. The van der Waals surface area contributed by atoms with Crippen LogP contribution in [0.25, 0.3) is 0 Å². The number of halogens is 4. The van der Waals surface area contributed by atoms with Gasteiger partial charge in [-0.3, -0.25) is 4.99 Å². The van der Waals surface area contributed by atoms with Gasteiger partial charge in [-0.2, -0.15) is 24.9 Å². The van der Waals surface area contributed by atoms with Gasteiger partial charge in [0, 0.05) is 49.9 Å². The summed E-state index contributed by atoms with van der Waals surface area (Å²) in [5, 5.41) is 3.84. The molecule has 1 fully saturated rings. The van der Waals surface area contributed by atoms with Crippen LogP contribution in [0.2, 0.25) is 0 Å². The van der Waals surface area contributed by atoms with Crippen LogP contribution >= 0.6 is 35.7 Å². The lowest BCUT2D eigenvalue weighted by Gasteiger charge is -2.36. The molecule has 1 aliphatic heterocycles. The first-order valence-corrected chi connectivity index (χ1v) is 9.55. The molecular weight excluding hydrogens is 492 g/mol. The van der Waals surface area contributed by atoms with E-state index in [-0.39, 0.29) is 29.9 Å². The molecule has 1 aromatic rings. The van der Waals surface area contributed by atoms with Crippen molar-refractivity contribution in [3.63, 3.8) is 0 Å². The number of thioether (sulfide) groups is 1. The molecule has 0 aromatic carbocycles. The predicted molar refractivity (Wildman–Crippen MR) is 114 cm³/mol. The highest BCUT2D eigenvalue weighted by Gasteiger charge is 2.28. The Bertz CT molecular complexity index is 616. The fraction of sp³-hybridized carbons (Fsp3) is 0.647. The summed E-state index contributed by atoms with van der Waals surface area (Å²) in [6.45, 7) is 5.38. The van der Waals surface area contributed by atoms with Crippen LogP contribution in [0, 0.1) is 5.92 Å².